The zero-order valence-corrected chi connectivity index (χ0v) is 6.18. The second kappa shape index (κ2) is 1.94. The minimum absolute atomic E-state index is 0.0405. The minimum atomic E-state index is 0.0405. The van der Waals surface area contributed by atoms with E-state index in [0.29, 0.717) is 0 Å². The third-order valence-corrected chi connectivity index (χ3v) is 1.24. The molecule has 0 aromatic heterocycles. The van der Waals surface area contributed by atoms with Crippen LogP contribution >= 0.6 is 0 Å². The molecule has 0 saturated carbocycles. The van der Waals surface area contributed by atoms with Crippen molar-refractivity contribution in [2.45, 2.75) is 26.3 Å². The Morgan fingerprint density at radius 1 is 1.56 bits per heavy atom. The van der Waals surface area contributed by atoms with Gasteiger partial charge in [-0.05, 0) is 20.8 Å². The maximum Gasteiger partial charge on any atom is 0.0750 e. The predicted molar refractivity (Wildman–Crippen MR) is 40.5 cm³/mol. The molecule has 0 fully saturated rings. The molecule has 1 heterocycles. The van der Waals surface area contributed by atoms with Crippen molar-refractivity contribution in [3.05, 3.63) is 0 Å². The molecule has 0 N–H and O–H groups in total. The molecule has 0 aromatic carbocycles. The number of nitrogens with zero attached hydrogens (tertiary/aromatic N) is 2. The minimum Gasteiger partial charge on any atom is -0.289 e. The highest BCUT2D eigenvalue weighted by Crippen LogP contribution is 2.11. The Bertz CT molecular complexity index is 166. The van der Waals surface area contributed by atoms with Crippen molar-refractivity contribution in [1.82, 2.24) is 0 Å². The summed E-state index contributed by atoms with van der Waals surface area (Å²) in [7, 11) is 0. The van der Waals surface area contributed by atoms with E-state index in [1.54, 1.807) is 0 Å². The van der Waals surface area contributed by atoms with Gasteiger partial charge >= 0.3 is 0 Å². The van der Waals surface area contributed by atoms with Crippen LogP contribution < -0.4 is 0 Å². The average molecular weight is 124 g/mol. The van der Waals surface area contributed by atoms with Crippen LogP contribution in [-0.2, 0) is 0 Å². The van der Waals surface area contributed by atoms with Gasteiger partial charge in [0.05, 0.1) is 17.8 Å². The van der Waals surface area contributed by atoms with Crippen LogP contribution in [0.5, 0.6) is 0 Å². The monoisotopic (exact) mass is 124 g/mol. The first-order valence-corrected chi connectivity index (χ1v) is 3.16. The summed E-state index contributed by atoms with van der Waals surface area (Å²) in [5.74, 6) is 0. The van der Waals surface area contributed by atoms with E-state index in [-0.39, 0.29) is 5.54 Å². The molecule has 0 spiro atoms. The lowest BCUT2D eigenvalue weighted by atomic mass is 10.1. The highest BCUT2D eigenvalue weighted by atomic mass is 14.9. The van der Waals surface area contributed by atoms with Gasteiger partial charge in [-0.2, -0.15) is 0 Å². The third kappa shape index (κ3) is 1.63. The molecule has 1 aliphatic rings. The van der Waals surface area contributed by atoms with Gasteiger partial charge < -0.3 is 0 Å². The highest BCUT2D eigenvalue weighted by molar-refractivity contribution is 6.29. The van der Waals surface area contributed by atoms with Crippen molar-refractivity contribution >= 4 is 11.9 Å². The number of rotatable bonds is 0. The summed E-state index contributed by atoms with van der Waals surface area (Å²) < 4.78 is 0. The van der Waals surface area contributed by atoms with E-state index in [4.69, 9.17) is 0 Å². The lowest BCUT2D eigenvalue weighted by molar-refractivity contribution is 0.534. The molecule has 1 aliphatic heterocycles. The summed E-state index contributed by atoms with van der Waals surface area (Å²) in [6.45, 7) is 6.98. The van der Waals surface area contributed by atoms with Crippen molar-refractivity contribution in [3.63, 3.8) is 0 Å². The van der Waals surface area contributed by atoms with E-state index < -0.39 is 0 Å². The Kier molecular flexibility index (Phi) is 1.39. The summed E-state index contributed by atoms with van der Waals surface area (Å²) in [6, 6.07) is 0. The molecule has 0 bridgehead atoms. The normalized spacial score (nSPS) is 23.7. The van der Waals surface area contributed by atoms with Gasteiger partial charge in [0.25, 0.3) is 0 Å². The van der Waals surface area contributed by atoms with E-state index in [9.17, 15) is 0 Å². The van der Waals surface area contributed by atoms with Gasteiger partial charge in [-0.25, -0.2) is 0 Å². The van der Waals surface area contributed by atoms with Gasteiger partial charge in [0.2, 0.25) is 0 Å². The summed E-state index contributed by atoms with van der Waals surface area (Å²) in [5.41, 5.74) is 1.07. The van der Waals surface area contributed by atoms with Crippen molar-refractivity contribution in [2.75, 3.05) is 6.54 Å². The summed E-state index contributed by atoms with van der Waals surface area (Å²) in [4.78, 5) is 8.54. The summed E-state index contributed by atoms with van der Waals surface area (Å²) >= 11 is 0. The Morgan fingerprint density at radius 2 is 2.22 bits per heavy atom. The smallest absolute Gasteiger partial charge is 0.0750 e. The Morgan fingerprint density at radius 3 is 2.56 bits per heavy atom. The van der Waals surface area contributed by atoms with Gasteiger partial charge in [-0.1, -0.05) is 0 Å². The molecule has 0 saturated heterocycles. The Hall–Kier alpha value is -0.660. The molecule has 2 nitrogen and oxygen atoms in total. The SMILES string of the molecule is CC1=NC(C)(C)CN=C1. The van der Waals surface area contributed by atoms with E-state index in [1.165, 1.54) is 0 Å². The molecule has 2 heteroatoms. The van der Waals surface area contributed by atoms with Crippen LogP contribution in [0.3, 0.4) is 0 Å². The van der Waals surface area contributed by atoms with Crippen LogP contribution in [0, 0.1) is 0 Å². The molecule has 0 amide bonds. The second-order valence-electron chi connectivity index (χ2n) is 3.04. The van der Waals surface area contributed by atoms with Crippen molar-refractivity contribution < 1.29 is 0 Å². The van der Waals surface area contributed by atoms with Crippen LogP contribution in [0.1, 0.15) is 20.8 Å². The lowest BCUT2D eigenvalue weighted by Crippen LogP contribution is -2.26. The summed E-state index contributed by atoms with van der Waals surface area (Å²) in [5, 5.41) is 0. The van der Waals surface area contributed by atoms with E-state index in [1.807, 2.05) is 13.1 Å². The van der Waals surface area contributed by atoms with Gasteiger partial charge in [0.15, 0.2) is 0 Å². The number of aliphatic imine (C=N–C) groups is 2. The zero-order valence-electron chi connectivity index (χ0n) is 6.18. The number of hydrogen-bond acceptors (Lipinski definition) is 2. The first kappa shape index (κ1) is 6.46. The molecule has 0 radical (unpaired) electrons. The Labute approximate surface area is 55.7 Å². The molecule has 0 unspecified atom stereocenters. The van der Waals surface area contributed by atoms with Crippen molar-refractivity contribution in [1.29, 1.82) is 0 Å². The summed E-state index contributed by atoms with van der Waals surface area (Å²) in [6.07, 6.45) is 1.82. The van der Waals surface area contributed by atoms with Crippen molar-refractivity contribution in [2.24, 2.45) is 9.98 Å². The molecular weight excluding hydrogens is 112 g/mol. The topological polar surface area (TPSA) is 24.7 Å². The van der Waals surface area contributed by atoms with Crippen LogP contribution in [0.2, 0.25) is 0 Å². The molecular formula is C7H12N2. The quantitative estimate of drug-likeness (QED) is 0.465. The zero-order chi connectivity index (χ0) is 6.91. The first-order valence-electron chi connectivity index (χ1n) is 3.16. The first-order chi connectivity index (χ1) is 4.10. The van der Waals surface area contributed by atoms with Gasteiger partial charge in [-0.15, -0.1) is 0 Å². The van der Waals surface area contributed by atoms with Crippen LogP contribution in [0.4, 0.5) is 0 Å². The van der Waals surface area contributed by atoms with Crippen molar-refractivity contribution in [3.8, 4) is 0 Å². The molecule has 0 aliphatic carbocycles. The van der Waals surface area contributed by atoms with E-state index in [2.05, 4.69) is 23.8 Å². The average Bonchev–Trinajstić information content (AvgIpc) is 1.60. The van der Waals surface area contributed by atoms with Gasteiger partial charge in [0, 0.05) is 6.21 Å². The van der Waals surface area contributed by atoms with Gasteiger partial charge in [-0.3, -0.25) is 9.98 Å². The maximum absolute atomic E-state index is 4.38. The fourth-order valence-electron chi connectivity index (χ4n) is 0.943. The maximum atomic E-state index is 4.38. The molecule has 0 atom stereocenters. The fourth-order valence-corrected chi connectivity index (χ4v) is 0.943. The molecule has 0 aromatic rings. The second-order valence-corrected chi connectivity index (χ2v) is 3.04. The fraction of sp³-hybridized carbons (Fsp3) is 0.714. The number of hydrogen-bond donors (Lipinski definition) is 0. The van der Waals surface area contributed by atoms with E-state index in [0.717, 1.165) is 12.3 Å². The highest BCUT2D eigenvalue weighted by Gasteiger charge is 2.17. The largest absolute Gasteiger partial charge is 0.289 e. The van der Waals surface area contributed by atoms with E-state index >= 15 is 0 Å². The predicted octanol–water partition coefficient (Wildman–Crippen LogP) is 1.31. The molecule has 9 heavy (non-hydrogen) atoms. The molecule has 50 valence electrons. The Balaban J connectivity index is 2.78. The van der Waals surface area contributed by atoms with Crippen LogP contribution in [0.15, 0.2) is 9.98 Å². The molecule has 1 rings (SSSR count). The standard InChI is InChI=1S/C7H12N2/c1-6-4-8-5-7(2,3)9-6/h4H,5H2,1-3H3. The van der Waals surface area contributed by atoms with Crippen LogP contribution in [-0.4, -0.2) is 24.0 Å². The van der Waals surface area contributed by atoms with Crippen LogP contribution in [0.25, 0.3) is 0 Å². The third-order valence-electron chi connectivity index (χ3n) is 1.24. The van der Waals surface area contributed by atoms with Gasteiger partial charge in [0.1, 0.15) is 0 Å². The lowest BCUT2D eigenvalue weighted by Gasteiger charge is -2.20.